The molecule has 2 aromatic carbocycles. The standard InChI is InChI=1S/C26H19ClFN5/c1-15-10-19(17-6-5-16(2)30-14-17)11-21-24(15)32-25(18-4-3-9-29-13-18)33-26(21)31-20-7-8-23(28)22(27)12-20/h3-14H,1-2H3,(H,31,32,33). The van der Waals surface area contributed by atoms with E-state index in [0.29, 0.717) is 17.3 Å². The van der Waals surface area contributed by atoms with Crippen LogP contribution in [0.4, 0.5) is 15.9 Å². The van der Waals surface area contributed by atoms with Crippen molar-refractivity contribution in [2.24, 2.45) is 0 Å². The van der Waals surface area contributed by atoms with E-state index in [4.69, 9.17) is 21.6 Å². The monoisotopic (exact) mass is 455 g/mol. The van der Waals surface area contributed by atoms with Gasteiger partial charge in [-0.3, -0.25) is 9.97 Å². The maximum absolute atomic E-state index is 13.7. The Morgan fingerprint density at radius 2 is 1.76 bits per heavy atom. The second-order valence-corrected chi connectivity index (χ2v) is 8.18. The summed E-state index contributed by atoms with van der Waals surface area (Å²) < 4.78 is 13.7. The normalized spacial score (nSPS) is 11.0. The van der Waals surface area contributed by atoms with Gasteiger partial charge < -0.3 is 5.32 Å². The van der Waals surface area contributed by atoms with Crippen molar-refractivity contribution >= 4 is 34.0 Å². The number of benzene rings is 2. The van der Waals surface area contributed by atoms with E-state index in [0.717, 1.165) is 38.9 Å². The summed E-state index contributed by atoms with van der Waals surface area (Å²) in [5, 5.41) is 4.17. The molecule has 0 aliphatic carbocycles. The van der Waals surface area contributed by atoms with Gasteiger partial charge in [0.05, 0.1) is 10.5 Å². The van der Waals surface area contributed by atoms with Crippen LogP contribution in [0.25, 0.3) is 33.4 Å². The average Bonchev–Trinajstić information content (AvgIpc) is 2.82. The molecular formula is C26H19ClFN5. The fourth-order valence-electron chi connectivity index (χ4n) is 3.64. The molecule has 5 nitrogen and oxygen atoms in total. The Labute approximate surface area is 195 Å². The number of hydrogen-bond acceptors (Lipinski definition) is 5. The number of nitrogens with zero attached hydrogens (tertiary/aromatic N) is 4. The van der Waals surface area contributed by atoms with Crippen molar-refractivity contribution in [3.63, 3.8) is 0 Å². The SMILES string of the molecule is Cc1ccc(-c2cc(C)c3nc(-c4cccnc4)nc(Nc4ccc(F)c(Cl)c4)c3c2)cn1. The van der Waals surface area contributed by atoms with Crippen LogP contribution < -0.4 is 5.32 Å². The first kappa shape index (κ1) is 21.0. The fourth-order valence-corrected chi connectivity index (χ4v) is 3.82. The van der Waals surface area contributed by atoms with Crippen LogP contribution in [-0.4, -0.2) is 19.9 Å². The predicted octanol–water partition coefficient (Wildman–Crippen LogP) is 6.91. The lowest BCUT2D eigenvalue weighted by atomic mass is 10.0. The minimum atomic E-state index is -0.476. The number of anilines is 2. The number of pyridine rings is 2. The summed E-state index contributed by atoms with van der Waals surface area (Å²) in [7, 11) is 0. The Morgan fingerprint density at radius 3 is 2.48 bits per heavy atom. The summed E-state index contributed by atoms with van der Waals surface area (Å²) in [6.07, 6.45) is 5.28. The zero-order valence-electron chi connectivity index (χ0n) is 18.0. The van der Waals surface area contributed by atoms with Crippen molar-refractivity contribution in [2.45, 2.75) is 13.8 Å². The first-order chi connectivity index (χ1) is 16.0. The highest BCUT2D eigenvalue weighted by molar-refractivity contribution is 6.31. The number of aromatic nitrogens is 4. The molecule has 33 heavy (non-hydrogen) atoms. The quantitative estimate of drug-likeness (QED) is 0.319. The van der Waals surface area contributed by atoms with E-state index in [1.165, 1.54) is 12.1 Å². The largest absolute Gasteiger partial charge is 0.340 e. The lowest BCUT2D eigenvalue weighted by molar-refractivity contribution is 0.628. The maximum atomic E-state index is 13.7. The number of aryl methyl sites for hydroxylation is 2. The van der Waals surface area contributed by atoms with Crippen molar-refractivity contribution < 1.29 is 4.39 Å². The molecular weight excluding hydrogens is 437 g/mol. The molecule has 0 spiro atoms. The molecule has 0 unspecified atom stereocenters. The van der Waals surface area contributed by atoms with Crippen LogP contribution in [0.1, 0.15) is 11.3 Å². The van der Waals surface area contributed by atoms with Gasteiger partial charge in [-0.2, -0.15) is 0 Å². The molecule has 0 atom stereocenters. The summed E-state index contributed by atoms with van der Waals surface area (Å²) >= 11 is 6.01. The van der Waals surface area contributed by atoms with Gasteiger partial charge >= 0.3 is 0 Å². The predicted molar refractivity (Wildman–Crippen MR) is 130 cm³/mol. The minimum absolute atomic E-state index is 0.0356. The molecule has 0 fully saturated rings. The second kappa shape index (κ2) is 8.56. The Kier molecular flexibility index (Phi) is 5.44. The molecule has 0 saturated heterocycles. The Morgan fingerprint density at radius 1 is 0.879 bits per heavy atom. The first-order valence-electron chi connectivity index (χ1n) is 10.4. The number of nitrogens with one attached hydrogen (secondary N) is 1. The lowest BCUT2D eigenvalue weighted by Gasteiger charge is -2.14. The van der Waals surface area contributed by atoms with E-state index in [1.807, 2.05) is 50.4 Å². The third-order valence-corrected chi connectivity index (χ3v) is 5.63. The Bertz CT molecular complexity index is 1470. The highest BCUT2D eigenvalue weighted by Gasteiger charge is 2.14. The fraction of sp³-hybridized carbons (Fsp3) is 0.0769. The molecule has 0 aliphatic heterocycles. The molecule has 162 valence electrons. The number of rotatable bonds is 4. The Balaban J connectivity index is 1.72. The molecule has 5 aromatic rings. The first-order valence-corrected chi connectivity index (χ1v) is 10.7. The van der Waals surface area contributed by atoms with E-state index in [1.54, 1.807) is 18.5 Å². The summed E-state index contributed by atoms with van der Waals surface area (Å²) in [5.74, 6) is 0.654. The third-order valence-electron chi connectivity index (χ3n) is 5.34. The minimum Gasteiger partial charge on any atom is -0.340 e. The molecule has 3 aromatic heterocycles. The van der Waals surface area contributed by atoms with Crippen LogP contribution in [0, 0.1) is 19.7 Å². The summed E-state index contributed by atoms with van der Waals surface area (Å²) in [6.45, 7) is 3.98. The molecule has 0 saturated carbocycles. The summed E-state index contributed by atoms with van der Waals surface area (Å²) in [6, 6.07) is 16.4. The van der Waals surface area contributed by atoms with Crippen LogP contribution in [0.5, 0.6) is 0 Å². The highest BCUT2D eigenvalue weighted by atomic mass is 35.5. The molecule has 5 rings (SSSR count). The van der Waals surface area contributed by atoms with Gasteiger partial charge in [0.2, 0.25) is 0 Å². The van der Waals surface area contributed by atoms with E-state index in [2.05, 4.69) is 21.4 Å². The molecule has 0 amide bonds. The number of halogens is 2. The molecule has 0 aliphatic rings. The second-order valence-electron chi connectivity index (χ2n) is 7.77. The van der Waals surface area contributed by atoms with Gasteiger partial charge in [0.1, 0.15) is 11.6 Å². The number of hydrogen-bond donors (Lipinski definition) is 1. The van der Waals surface area contributed by atoms with Gasteiger partial charge in [-0.25, -0.2) is 14.4 Å². The van der Waals surface area contributed by atoms with Crippen LogP contribution in [0.3, 0.4) is 0 Å². The van der Waals surface area contributed by atoms with Crippen molar-refractivity contribution in [3.8, 4) is 22.5 Å². The van der Waals surface area contributed by atoms with Gasteiger partial charge in [0.15, 0.2) is 5.82 Å². The van der Waals surface area contributed by atoms with Gasteiger partial charge in [-0.1, -0.05) is 17.7 Å². The van der Waals surface area contributed by atoms with E-state index in [-0.39, 0.29) is 5.02 Å². The molecule has 1 N–H and O–H groups in total. The van der Waals surface area contributed by atoms with E-state index < -0.39 is 5.82 Å². The topological polar surface area (TPSA) is 63.6 Å². The zero-order chi connectivity index (χ0) is 22.9. The van der Waals surface area contributed by atoms with Crippen LogP contribution in [0.15, 0.2) is 73.2 Å². The lowest BCUT2D eigenvalue weighted by Crippen LogP contribution is -2.01. The van der Waals surface area contributed by atoms with Gasteiger partial charge in [-0.05, 0) is 73.5 Å². The summed E-state index contributed by atoms with van der Waals surface area (Å²) in [5.41, 5.74) is 6.18. The third kappa shape index (κ3) is 4.25. The van der Waals surface area contributed by atoms with Gasteiger partial charge in [0, 0.05) is 46.5 Å². The summed E-state index contributed by atoms with van der Waals surface area (Å²) in [4.78, 5) is 18.2. The van der Waals surface area contributed by atoms with Crippen molar-refractivity contribution in [1.82, 2.24) is 19.9 Å². The van der Waals surface area contributed by atoms with Crippen molar-refractivity contribution in [1.29, 1.82) is 0 Å². The van der Waals surface area contributed by atoms with Gasteiger partial charge in [0.25, 0.3) is 0 Å². The van der Waals surface area contributed by atoms with Crippen LogP contribution in [0.2, 0.25) is 5.02 Å². The van der Waals surface area contributed by atoms with Crippen LogP contribution in [-0.2, 0) is 0 Å². The average molecular weight is 456 g/mol. The smallest absolute Gasteiger partial charge is 0.163 e. The van der Waals surface area contributed by atoms with E-state index >= 15 is 0 Å². The molecule has 7 heteroatoms. The van der Waals surface area contributed by atoms with Crippen molar-refractivity contribution in [2.75, 3.05) is 5.32 Å². The molecule has 3 heterocycles. The van der Waals surface area contributed by atoms with Gasteiger partial charge in [-0.15, -0.1) is 0 Å². The van der Waals surface area contributed by atoms with E-state index in [9.17, 15) is 4.39 Å². The highest BCUT2D eigenvalue weighted by Crippen LogP contribution is 2.33. The zero-order valence-corrected chi connectivity index (χ0v) is 18.7. The Hall–Kier alpha value is -3.90. The van der Waals surface area contributed by atoms with Crippen molar-refractivity contribution in [3.05, 3.63) is 95.3 Å². The maximum Gasteiger partial charge on any atom is 0.163 e. The molecule has 0 bridgehead atoms. The van der Waals surface area contributed by atoms with Crippen LogP contribution >= 0.6 is 11.6 Å². The molecule has 0 radical (unpaired) electrons. The number of fused-ring (bicyclic) bond motifs is 1.